The molecule has 154 valence electrons. The third kappa shape index (κ3) is 3.35. The van der Waals surface area contributed by atoms with Gasteiger partial charge in [-0.15, -0.1) is 0 Å². The minimum atomic E-state index is -1.30. The number of rotatable bonds is 4. The van der Waals surface area contributed by atoms with E-state index in [1.807, 2.05) is 6.07 Å². The number of anilines is 1. The van der Waals surface area contributed by atoms with E-state index in [4.69, 9.17) is 0 Å². The number of nitrogens with zero attached hydrogens (tertiary/aromatic N) is 2. The Kier molecular flexibility index (Phi) is 5.07. The van der Waals surface area contributed by atoms with Crippen LogP contribution in [0.4, 0.5) is 10.5 Å². The summed E-state index contributed by atoms with van der Waals surface area (Å²) in [5, 5.41) is 3.27. The lowest BCUT2D eigenvalue weighted by Crippen LogP contribution is -2.50. The number of halogens is 1. The Balaban J connectivity index is 1.48. The highest BCUT2D eigenvalue weighted by Crippen LogP contribution is 2.30. The summed E-state index contributed by atoms with van der Waals surface area (Å²) in [6, 6.07) is 15.2. The molecule has 4 rings (SSSR count). The molecular weight excluding hydrogens is 452 g/mol. The van der Waals surface area contributed by atoms with E-state index < -0.39 is 29.3 Å². The van der Waals surface area contributed by atoms with Gasteiger partial charge in [0.15, 0.2) is 0 Å². The molecule has 30 heavy (non-hydrogen) atoms. The maximum Gasteiger partial charge on any atom is 0.344 e. The lowest BCUT2D eigenvalue weighted by Gasteiger charge is -2.22. The predicted molar refractivity (Wildman–Crippen MR) is 112 cm³/mol. The molecule has 2 aliphatic heterocycles. The third-order valence-corrected chi connectivity index (χ3v) is 5.90. The summed E-state index contributed by atoms with van der Waals surface area (Å²) in [4.78, 5) is 52.4. The summed E-state index contributed by atoms with van der Waals surface area (Å²) in [7, 11) is 0. The second-order valence-electron chi connectivity index (χ2n) is 7.35. The SMILES string of the molecule is CC1(c2ccccc2)NC(=O)N(NC(=O)C2CCN(c3cccc(Br)c3)C2=O)C1=O. The first-order chi connectivity index (χ1) is 14.3. The number of hydrogen-bond donors (Lipinski definition) is 2. The zero-order valence-electron chi connectivity index (χ0n) is 16.1. The summed E-state index contributed by atoms with van der Waals surface area (Å²) in [5.74, 6) is -2.64. The molecule has 9 heteroatoms. The lowest BCUT2D eigenvalue weighted by molar-refractivity contribution is -0.142. The summed E-state index contributed by atoms with van der Waals surface area (Å²) < 4.78 is 0.820. The van der Waals surface area contributed by atoms with Crippen LogP contribution in [0.15, 0.2) is 59.1 Å². The fourth-order valence-electron chi connectivity index (χ4n) is 3.72. The second-order valence-corrected chi connectivity index (χ2v) is 8.26. The number of carbonyl (C=O) groups is 4. The first-order valence-corrected chi connectivity index (χ1v) is 10.2. The Labute approximate surface area is 181 Å². The highest BCUT2D eigenvalue weighted by molar-refractivity contribution is 9.10. The average molecular weight is 471 g/mol. The van der Waals surface area contributed by atoms with Crippen LogP contribution < -0.4 is 15.6 Å². The van der Waals surface area contributed by atoms with E-state index in [9.17, 15) is 19.2 Å². The second kappa shape index (κ2) is 7.56. The van der Waals surface area contributed by atoms with E-state index in [0.29, 0.717) is 22.8 Å². The van der Waals surface area contributed by atoms with Gasteiger partial charge in [0.2, 0.25) is 5.91 Å². The number of imide groups is 1. The van der Waals surface area contributed by atoms with E-state index in [1.165, 1.54) is 4.90 Å². The minimum Gasteiger partial charge on any atom is -0.318 e. The smallest absolute Gasteiger partial charge is 0.318 e. The van der Waals surface area contributed by atoms with Gasteiger partial charge in [0.1, 0.15) is 11.5 Å². The molecule has 0 radical (unpaired) electrons. The molecule has 0 saturated carbocycles. The van der Waals surface area contributed by atoms with Crippen LogP contribution in [0.2, 0.25) is 0 Å². The maximum atomic E-state index is 12.9. The highest BCUT2D eigenvalue weighted by atomic mass is 79.9. The fourth-order valence-corrected chi connectivity index (χ4v) is 4.11. The van der Waals surface area contributed by atoms with Gasteiger partial charge in [-0.25, -0.2) is 4.79 Å². The van der Waals surface area contributed by atoms with Crippen LogP contribution in [-0.2, 0) is 19.9 Å². The van der Waals surface area contributed by atoms with Crippen LogP contribution in [0.3, 0.4) is 0 Å². The maximum absolute atomic E-state index is 12.9. The van der Waals surface area contributed by atoms with Gasteiger partial charge < -0.3 is 10.2 Å². The fraction of sp³-hybridized carbons (Fsp3) is 0.238. The monoisotopic (exact) mass is 470 g/mol. The van der Waals surface area contributed by atoms with Gasteiger partial charge in [0, 0.05) is 16.7 Å². The molecule has 2 atom stereocenters. The molecule has 8 nitrogen and oxygen atoms in total. The van der Waals surface area contributed by atoms with E-state index >= 15 is 0 Å². The van der Waals surface area contributed by atoms with Crippen LogP contribution in [0, 0.1) is 5.92 Å². The zero-order chi connectivity index (χ0) is 21.5. The molecule has 0 aliphatic carbocycles. The molecule has 2 saturated heterocycles. The number of benzene rings is 2. The molecule has 0 spiro atoms. The van der Waals surface area contributed by atoms with E-state index in [0.717, 1.165) is 4.47 Å². The molecule has 2 unspecified atom stereocenters. The normalized spacial score (nSPS) is 23.7. The van der Waals surface area contributed by atoms with Crippen LogP contribution >= 0.6 is 15.9 Å². The van der Waals surface area contributed by atoms with E-state index in [-0.39, 0.29) is 12.3 Å². The molecule has 0 aromatic heterocycles. The molecule has 2 heterocycles. The molecule has 2 N–H and O–H groups in total. The third-order valence-electron chi connectivity index (χ3n) is 5.41. The number of urea groups is 1. The van der Waals surface area contributed by atoms with Gasteiger partial charge in [-0.2, -0.15) is 5.01 Å². The van der Waals surface area contributed by atoms with Crippen LogP contribution in [-0.4, -0.2) is 35.3 Å². The number of hydrazine groups is 1. The van der Waals surface area contributed by atoms with Gasteiger partial charge in [-0.3, -0.25) is 19.8 Å². The van der Waals surface area contributed by atoms with Crippen molar-refractivity contribution in [1.29, 1.82) is 0 Å². The predicted octanol–water partition coefficient (Wildman–Crippen LogP) is 2.30. The minimum absolute atomic E-state index is 0.288. The van der Waals surface area contributed by atoms with Crippen molar-refractivity contribution in [3.8, 4) is 0 Å². The van der Waals surface area contributed by atoms with Gasteiger partial charge in [-0.1, -0.05) is 52.3 Å². The first kappa shape index (κ1) is 20.1. The number of amides is 5. The Morgan fingerprint density at radius 3 is 2.57 bits per heavy atom. The Morgan fingerprint density at radius 2 is 1.87 bits per heavy atom. The zero-order valence-corrected chi connectivity index (χ0v) is 17.7. The van der Waals surface area contributed by atoms with Crippen molar-refractivity contribution in [2.75, 3.05) is 11.4 Å². The van der Waals surface area contributed by atoms with Crippen molar-refractivity contribution >= 4 is 45.4 Å². The molecule has 0 bridgehead atoms. The molecule has 5 amide bonds. The number of carbonyl (C=O) groups excluding carboxylic acids is 4. The van der Waals surface area contributed by atoms with Crippen molar-refractivity contribution in [2.45, 2.75) is 18.9 Å². The van der Waals surface area contributed by atoms with E-state index in [2.05, 4.69) is 26.7 Å². The molecule has 2 aromatic rings. The van der Waals surface area contributed by atoms with Gasteiger partial charge in [0.25, 0.3) is 11.8 Å². The highest BCUT2D eigenvalue weighted by Gasteiger charge is 2.51. The van der Waals surface area contributed by atoms with Crippen LogP contribution in [0.5, 0.6) is 0 Å². The van der Waals surface area contributed by atoms with Crippen molar-refractivity contribution in [3.63, 3.8) is 0 Å². The van der Waals surface area contributed by atoms with Crippen LogP contribution in [0.25, 0.3) is 0 Å². The van der Waals surface area contributed by atoms with E-state index in [1.54, 1.807) is 55.5 Å². The van der Waals surface area contributed by atoms with Crippen molar-refractivity contribution in [1.82, 2.24) is 15.8 Å². The standard InChI is InChI=1S/C21H19BrN4O4/c1-21(13-6-3-2-4-7-13)19(29)26(20(30)23-21)24-17(27)16-10-11-25(18(16)28)15-9-5-8-14(22)12-15/h2-9,12,16H,10-11H2,1H3,(H,23,30)(H,24,27). The molecule has 2 aromatic carbocycles. The summed E-state index contributed by atoms with van der Waals surface area (Å²) in [6.45, 7) is 1.94. The Morgan fingerprint density at radius 1 is 1.13 bits per heavy atom. The lowest BCUT2D eigenvalue weighted by atomic mass is 9.92. The van der Waals surface area contributed by atoms with Gasteiger partial charge in [-0.05, 0) is 37.1 Å². The van der Waals surface area contributed by atoms with Crippen molar-refractivity contribution in [2.24, 2.45) is 5.92 Å². The quantitative estimate of drug-likeness (QED) is 0.528. The number of nitrogens with one attached hydrogen (secondary N) is 2. The first-order valence-electron chi connectivity index (χ1n) is 9.41. The summed E-state index contributed by atoms with van der Waals surface area (Å²) in [5.41, 5.74) is 2.31. The van der Waals surface area contributed by atoms with Crippen molar-refractivity contribution in [3.05, 3.63) is 64.6 Å². The van der Waals surface area contributed by atoms with Crippen molar-refractivity contribution < 1.29 is 19.2 Å². The average Bonchev–Trinajstić information content (AvgIpc) is 3.22. The van der Waals surface area contributed by atoms with Crippen LogP contribution in [0.1, 0.15) is 18.9 Å². The van der Waals surface area contributed by atoms with Gasteiger partial charge in [0.05, 0.1) is 0 Å². The number of hydrogen-bond acceptors (Lipinski definition) is 4. The summed E-state index contributed by atoms with van der Waals surface area (Å²) >= 11 is 3.37. The molecule has 2 fully saturated rings. The largest absolute Gasteiger partial charge is 0.344 e. The Bertz CT molecular complexity index is 1040. The topological polar surface area (TPSA) is 98.8 Å². The summed E-state index contributed by atoms with van der Waals surface area (Å²) in [6.07, 6.45) is 0.288. The Hall–Kier alpha value is -3.20. The molecule has 2 aliphatic rings. The molecular formula is C21H19BrN4O4. The van der Waals surface area contributed by atoms with Gasteiger partial charge >= 0.3 is 6.03 Å².